The van der Waals surface area contributed by atoms with E-state index < -0.39 is 0 Å². The molecule has 1 saturated heterocycles. The maximum atomic E-state index is 9.27. The number of ether oxygens (including phenoxy) is 1. The molecule has 2 unspecified atom stereocenters. The van der Waals surface area contributed by atoms with Crippen LogP contribution in [0.4, 0.5) is 0 Å². The molecule has 0 amide bonds. The van der Waals surface area contributed by atoms with E-state index in [-0.39, 0.29) is 12.6 Å². The summed E-state index contributed by atoms with van der Waals surface area (Å²) in [6.45, 7) is 10.1. The smallest absolute Gasteiger partial charge is 0.0619 e. The lowest BCUT2D eigenvalue weighted by Gasteiger charge is -2.36. The number of morpholine rings is 1. The minimum atomic E-state index is 0.172. The van der Waals surface area contributed by atoms with Gasteiger partial charge in [0.2, 0.25) is 0 Å². The summed E-state index contributed by atoms with van der Waals surface area (Å²) in [7, 11) is 0. The first kappa shape index (κ1) is 12.9. The minimum Gasteiger partial charge on any atom is -0.395 e. The van der Waals surface area contributed by atoms with E-state index in [2.05, 4.69) is 31.0 Å². The largest absolute Gasteiger partial charge is 0.395 e. The maximum Gasteiger partial charge on any atom is 0.0619 e. The Morgan fingerprint density at radius 2 is 2.27 bits per heavy atom. The SMILES string of the molecule is CC(C)NC(CO)CN1CCOCC1C. The van der Waals surface area contributed by atoms with Crippen LogP contribution < -0.4 is 5.32 Å². The van der Waals surface area contributed by atoms with Crippen LogP contribution in [0.1, 0.15) is 20.8 Å². The number of nitrogens with zero attached hydrogens (tertiary/aromatic N) is 1. The van der Waals surface area contributed by atoms with E-state index >= 15 is 0 Å². The van der Waals surface area contributed by atoms with Crippen molar-refractivity contribution in [3.63, 3.8) is 0 Å². The number of hydrogen-bond acceptors (Lipinski definition) is 4. The molecule has 0 aromatic carbocycles. The van der Waals surface area contributed by atoms with Gasteiger partial charge < -0.3 is 15.2 Å². The predicted octanol–water partition coefficient (Wildman–Crippen LogP) is 0.0660. The van der Waals surface area contributed by atoms with E-state index in [1.165, 1.54) is 0 Å². The Labute approximate surface area is 92.6 Å². The number of aliphatic hydroxyl groups excluding tert-OH is 1. The summed E-state index contributed by atoms with van der Waals surface area (Å²) in [6.07, 6.45) is 0. The molecule has 2 N–H and O–H groups in total. The van der Waals surface area contributed by atoms with Crippen molar-refractivity contribution in [1.82, 2.24) is 10.2 Å². The molecule has 4 heteroatoms. The van der Waals surface area contributed by atoms with Gasteiger partial charge in [-0.05, 0) is 6.92 Å². The van der Waals surface area contributed by atoms with Gasteiger partial charge in [-0.3, -0.25) is 4.90 Å². The highest BCUT2D eigenvalue weighted by Crippen LogP contribution is 2.06. The molecule has 0 aromatic heterocycles. The van der Waals surface area contributed by atoms with Crippen molar-refractivity contribution in [2.45, 2.75) is 38.9 Å². The third-order valence-electron chi connectivity index (χ3n) is 2.75. The summed E-state index contributed by atoms with van der Waals surface area (Å²) in [5.41, 5.74) is 0. The second-order valence-corrected chi connectivity index (χ2v) is 4.62. The molecule has 4 nitrogen and oxygen atoms in total. The molecule has 1 fully saturated rings. The second kappa shape index (κ2) is 6.43. The zero-order valence-electron chi connectivity index (χ0n) is 10.1. The van der Waals surface area contributed by atoms with Crippen molar-refractivity contribution in [2.24, 2.45) is 0 Å². The van der Waals surface area contributed by atoms with Gasteiger partial charge in [-0.15, -0.1) is 0 Å². The van der Waals surface area contributed by atoms with Crippen molar-refractivity contribution < 1.29 is 9.84 Å². The molecule has 1 aliphatic rings. The molecule has 0 aromatic rings. The summed E-state index contributed by atoms with van der Waals surface area (Å²) in [5, 5.41) is 12.6. The average molecular weight is 216 g/mol. The molecule has 1 heterocycles. The third kappa shape index (κ3) is 4.47. The van der Waals surface area contributed by atoms with Gasteiger partial charge in [0.05, 0.1) is 19.8 Å². The highest BCUT2D eigenvalue weighted by Gasteiger charge is 2.21. The Kier molecular flexibility index (Phi) is 5.53. The third-order valence-corrected chi connectivity index (χ3v) is 2.75. The van der Waals surface area contributed by atoms with Gasteiger partial charge in [0.1, 0.15) is 0 Å². The van der Waals surface area contributed by atoms with Gasteiger partial charge >= 0.3 is 0 Å². The number of aliphatic hydroxyl groups is 1. The predicted molar refractivity (Wildman–Crippen MR) is 61.0 cm³/mol. The van der Waals surface area contributed by atoms with Crippen LogP contribution in [0.3, 0.4) is 0 Å². The highest BCUT2D eigenvalue weighted by molar-refractivity contribution is 4.78. The lowest BCUT2D eigenvalue weighted by molar-refractivity contribution is -0.00766. The topological polar surface area (TPSA) is 44.7 Å². The summed E-state index contributed by atoms with van der Waals surface area (Å²) >= 11 is 0. The quantitative estimate of drug-likeness (QED) is 0.682. The second-order valence-electron chi connectivity index (χ2n) is 4.62. The van der Waals surface area contributed by atoms with Gasteiger partial charge in [-0.1, -0.05) is 13.8 Å². The van der Waals surface area contributed by atoms with E-state index in [1.54, 1.807) is 0 Å². The lowest BCUT2D eigenvalue weighted by atomic mass is 10.2. The van der Waals surface area contributed by atoms with Gasteiger partial charge in [0, 0.05) is 31.2 Å². The zero-order valence-corrected chi connectivity index (χ0v) is 10.1. The van der Waals surface area contributed by atoms with Crippen LogP contribution >= 0.6 is 0 Å². The van der Waals surface area contributed by atoms with E-state index in [1.807, 2.05) is 0 Å². The van der Waals surface area contributed by atoms with Crippen LogP contribution in [0.15, 0.2) is 0 Å². The fourth-order valence-corrected chi connectivity index (χ4v) is 1.95. The van der Waals surface area contributed by atoms with E-state index in [0.29, 0.717) is 12.1 Å². The zero-order chi connectivity index (χ0) is 11.3. The molecule has 0 bridgehead atoms. The van der Waals surface area contributed by atoms with Gasteiger partial charge in [-0.25, -0.2) is 0 Å². The molecule has 2 atom stereocenters. The van der Waals surface area contributed by atoms with Gasteiger partial charge in [-0.2, -0.15) is 0 Å². The summed E-state index contributed by atoms with van der Waals surface area (Å²) in [4.78, 5) is 2.37. The molecule has 0 radical (unpaired) electrons. The molecule has 0 spiro atoms. The van der Waals surface area contributed by atoms with Crippen molar-refractivity contribution >= 4 is 0 Å². The fourth-order valence-electron chi connectivity index (χ4n) is 1.95. The summed E-state index contributed by atoms with van der Waals surface area (Å²) in [5.74, 6) is 0. The molecule has 90 valence electrons. The molecule has 0 aliphatic carbocycles. The summed E-state index contributed by atoms with van der Waals surface area (Å²) < 4.78 is 5.38. The molecular weight excluding hydrogens is 192 g/mol. The average Bonchev–Trinajstić information content (AvgIpc) is 2.19. The van der Waals surface area contributed by atoms with Gasteiger partial charge in [0.15, 0.2) is 0 Å². The first-order valence-corrected chi connectivity index (χ1v) is 5.82. The van der Waals surface area contributed by atoms with Crippen molar-refractivity contribution in [3.8, 4) is 0 Å². The van der Waals surface area contributed by atoms with Crippen molar-refractivity contribution in [2.75, 3.05) is 32.9 Å². The highest BCUT2D eigenvalue weighted by atomic mass is 16.5. The number of hydrogen-bond donors (Lipinski definition) is 2. The number of nitrogens with one attached hydrogen (secondary N) is 1. The minimum absolute atomic E-state index is 0.172. The first-order chi connectivity index (χ1) is 7.13. The Morgan fingerprint density at radius 1 is 1.53 bits per heavy atom. The summed E-state index contributed by atoms with van der Waals surface area (Å²) in [6, 6.07) is 1.05. The van der Waals surface area contributed by atoms with Crippen LogP contribution in [0.5, 0.6) is 0 Å². The Hall–Kier alpha value is -0.160. The van der Waals surface area contributed by atoms with Gasteiger partial charge in [0.25, 0.3) is 0 Å². The fraction of sp³-hybridized carbons (Fsp3) is 1.00. The van der Waals surface area contributed by atoms with Crippen molar-refractivity contribution in [3.05, 3.63) is 0 Å². The normalized spacial score (nSPS) is 25.8. The van der Waals surface area contributed by atoms with E-state index in [9.17, 15) is 5.11 Å². The van der Waals surface area contributed by atoms with Crippen LogP contribution in [0.25, 0.3) is 0 Å². The van der Waals surface area contributed by atoms with Crippen LogP contribution in [0.2, 0.25) is 0 Å². The van der Waals surface area contributed by atoms with Crippen LogP contribution in [0, 0.1) is 0 Å². The standard InChI is InChI=1S/C11H24N2O2/c1-9(2)12-11(7-14)6-13-4-5-15-8-10(13)3/h9-12,14H,4-8H2,1-3H3. The lowest BCUT2D eigenvalue weighted by Crippen LogP contribution is -2.52. The van der Waals surface area contributed by atoms with Crippen molar-refractivity contribution in [1.29, 1.82) is 0 Å². The maximum absolute atomic E-state index is 9.27. The monoisotopic (exact) mass is 216 g/mol. The molecule has 0 saturated carbocycles. The molecule has 1 aliphatic heterocycles. The molecule has 15 heavy (non-hydrogen) atoms. The Balaban J connectivity index is 2.35. The molecule has 1 rings (SSSR count). The molecular formula is C11H24N2O2. The Morgan fingerprint density at radius 3 is 2.80 bits per heavy atom. The number of rotatable bonds is 5. The first-order valence-electron chi connectivity index (χ1n) is 5.82. The van der Waals surface area contributed by atoms with Crippen LogP contribution in [-0.2, 0) is 4.74 Å². The van der Waals surface area contributed by atoms with E-state index in [4.69, 9.17) is 4.74 Å². The Bertz CT molecular complexity index is 176. The van der Waals surface area contributed by atoms with Crippen LogP contribution in [-0.4, -0.2) is 61.0 Å². The van der Waals surface area contributed by atoms with E-state index in [0.717, 1.165) is 26.3 Å².